The summed E-state index contributed by atoms with van der Waals surface area (Å²) in [5, 5.41) is 10.9. The first-order valence-electron chi connectivity index (χ1n) is 5.74. The molecule has 0 spiro atoms. The van der Waals surface area contributed by atoms with Crippen molar-refractivity contribution in [3.05, 3.63) is 50.0 Å². The monoisotopic (exact) mass is 337 g/mol. The number of anilines is 1. The number of aromatic nitrogens is 1. The third-order valence-corrected chi connectivity index (χ3v) is 3.93. The molecule has 0 saturated carbocycles. The van der Waals surface area contributed by atoms with E-state index in [0.717, 1.165) is 15.6 Å². The van der Waals surface area contributed by atoms with Gasteiger partial charge in [0.2, 0.25) is 0 Å². The van der Waals surface area contributed by atoms with Crippen molar-refractivity contribution in [1.29, 1.82) is 0 Å². The minimum absolute atomic E-state index is 0.115. The zero-order chi connectivity index (χ0) is 14.9. The van der Waals surface area contributed by atoms with E-state index in [1.165, 1.54) is 12.1 Å². The maximum Gasteiger partial charge on any atom is 0.331 e. The van der Waals surface area contributed by atoms with Crippen LogP contribution >= 0.6 is 15.9 Å². The van der Waals surface area contributed by atoms with E-state index >= 15 is 0 Å². The van der Waals surface area contributed by atoms with Crippen molar-refractivity contribution in [2.24, 2.45) is 0 Å². The van der Waals surface area contributed by atoms with Crippen LogP contribution < -0.4 is 10.5 Å². The second-order valence-corrected chi connectivity index (χ2v) is 5.08. The molecule has 104 valence electrons. The van der Waals surface area contributed by atoms with Crippen LogP contribution in [-0.2, 0) is 0 Å². The molecule has 1 heterocycles. The topological polar surface area (TPSA) is 91.3 Å². The molecule has 0 atom stereocenters. The number of hydrogen-bond acceptors (Lipinski definition) is 5. The van der Waals surface area contributed by atoms with Gasteiger partial charge in [0.15, 0.2) is 0 Å². The minimum atomic E-state index is -0.555. The van der Waals surface area contributed by atoms with Gasteiger partial charge in [-0.05, 0) is 43.2 Å². The number of halogens is 1. The van der Waals surface area contributed by atoms with Crippen molar-refractivity contribution in [1.82, 2.24) is 4.98 Å². The summed E-state index contributed by atoms with van der Waals surface area (Å²) in [7, 11) is 0. The Hall–Kier alpha value is -2.15. The van der Waals surface area contributed by atoms with Crippen molar-refractivity contribution >= 4 is 27.4 Å². The molecular weight excluding hydrogens is 326 g/mol. The Kier molecular flexibility index (Phi) is 3.89. The van der Waals surface area contributed by atoms with Gasteiger partial charge in [0.1, 0.15) is 11.6 Å². The first kappa shape index (κ1) is 14.3. The van der Waals surface area contributed by atoms with Crippen LogP contribution in [0.5, 0.6) is 11.6 Å². The van der Waals surface area contributed by atoms with Crippen LogP contribution in [0.3, 0.4) is 0 Å². The molecule has 0 unspecified atom stereocenters. The van der Waals surface area contributed by atoms with Gasteiger partial charge in [-0.2, -0.15) is 4.98 Å². The fraction of sp³-hybridized carbons (Fsp3) is 0.154. The van der Waals surface area contributed by atoms with Gasteiger partial charge in [-0.3, -0.25) is 10.1 Å². The maximum atomic E-state index is 10.9. The lowest BCUT2D eigenvalue weighted by molar-refractivity contribution is -0.386. The molecular formula is C13H12BrN3O3. The molecule has 1 aromatic carbocycles. The summed E-state index contributed by atoms with van der Waals surface area (Å²) < 4.78 is 6.49. The quantitative estimate of drug-likeness (QED) is 0.680. The minimum Gasteiger partial charge on any atom is -0.434 e. The van der Waals surface area contributed by atoms with Crippen LogP contribution in [0.25, 0.3) is 0 Å². The van der Waals surface area contributed by atoms with E-state index in [1.807, 2.05) is 13.8 Å². The van der Waals surface area contributed by atoms with Crippen molar-refractivity contribution in [3.8, 4) is 11.6 Å². The number of nitrogens with zero attached hydrogens (tertiary/aromatic N) is 2. The summed E-state index contributed by atoms with van der Waals surface area (Å²) in [6.07, 6.45) is 0. The second-order valence-electron chi connectivity index (χ2n) is 4.29. The second kappa shape index (κ2) is 5.46. The first-order valence-corrected chi connectivity index (χ1v) is 6.53. The number of pyridine rings is 1. The molecule has 0 bridgehead atoms. The molecule has 0 amide bonds. The molecule has 0 fully saturated rings. The summed E-state index contributed by atoms with van der Waals surface area (Å²) in [4.78, 5) is 14.3. The predicted molar refractivity (Wildman–Crippen MR) is 79.0 cm³/mol. The van der Waals surface area contributed by atoms with E-state index in [-0.39, 0.29) is 17.4 Å². The van der Waals surface area contributed by atoms with Crippen molar-refractivity contribution in [2.75, 3.05) is 5.73 Å². The standard InChI is InChI=1S/C13H12BrN3O3/c1-7-5-9(6-8(2)12(7)14)20-13-10(17(18)19)3-4-11(15)16-13/h3-6H,1-2H3,(H2,15,16). The van der Waals surface area contributed by atoms with Crippen molar-refractivity contribution in [3.63, 3.8) is 0 Å². The number of hydrogen-bond donors (Lipinski definition) is 1. The van der Waals surface area contributed by atoms with Gasteiger partial charge in [-0.25, -0.2) is 0 Å². The van der Waals surface area contributed by atoms with Crippen LogP contribution in [0.1, 0.15) is 11.1 Å². The van der Waals surface area contributed by atoms with E-state index in [1.54, 1.807) is 12.1 Å². The van der Waals surface area contributed by atoms with Gasteiger partial charge >= 0.3 is 11.6 Å². The number of nitro groups is 1. The number of ether oxygens (including phenoxy) is 1. The number of nitrogens with two attached hydrogens (primary N) is 1. The molecule has 7 heteroatoms. The lowest BCUT2D eigenvalue weighted by Gasteiger charge is -2.09. The average Bonchev–Trinajstić information content (AvgIpc) is 2.35. The summed E-state index contributed by atoms with van der Waals surface area (Å²) in [6.45, 7) is 3.82. The smallest absolute Gasteiger partial charge is 0.331 e. The Bertz CT molecular complexity index is 666. The molecule has 2 rings (SSSR count). The third kappa shape index (κ3) is 2.88. The molecule has 2 aromatic rings. The molecule has 20 heavy (non-hydrogen) atoms. The normalized spacial score (nSPS) is 10.3. The molecule has 1 aromatic heterocycles. The van der Waals surface area contributed by atoms with E-state index in [4.69, 9.17) is 10.5 Å². The highest BCUT2D eigenvalue weighted by molar-refractivity contribution is 9.10. The largest absolute Gasteiger partial charge is 0.434 e. The summed E-state index contributed by atoms with van der Waals surface area (Å²) >= 11 is 3.45. The lowest BCUT2D eigenvalue weighted by atomic mass is 10.1. The third-order valence-electron chi connectivity index (χ3n) is 2.68. The van der Waals surface area contributed by atoms with E-state index in [2.05, 4.69) is 20.9 Å². The van der Waals surface area contributed by atoms with Gasteiger partial charge < -0.3 is 10.5 Å². The molecule has 0 saturated heterocycles. The number of aryl methyl sites for hydroxylation is 2. The number of rotatable bonds is 3. The molecule has 0 aliphatic carbocycles. The predicted octanol–water partition coefficient (Wildman–Crippen LogP) is 3.74. The zero-order valence-electron chi connectivity index (χ0n) is 10.9. The lowest BCUT2D eigenvalue weighted by Crippen LogP contribution is -1.99. The summed E-state index contributed by atoms with van der Waals surface area (Å²) in [6, 6.07) is 6.18. The highest BCUT2D eigenvalue weighted by Gasteiger charge is 2.18. The van der Waals surface area contributed by atoms with E-state index in [0.29, 0.717) is 5.75 Å². The average molecular weight is 338 g/mol. The fourth-order valence-electron chi connectivity index (χ4n) is 1.74. The summed E-state index contributed by atoms with van der Waals surface area (Å²) in [5.74, 6) is 0.525. The molecule has 0 radical (unpaired) electrons. The zero-order valence-corrected chi connectivity index (χ0v) is 12.5. The molecule has 0 aliphatic heterocycles. The maximum absolute atomic E-state index is 10.9. The van der Waals surface area contributed by atoms with Crippen molar-refractivity contribution < 1.29 is 9.66 Å². The van der Waals surface area contributed by atoms with Crippen LogP contribution in [0, 0.1) is 24.0 Å². The highest BCUT2D eigenvalue weighted by atomic mass is 79.9. The SMILES string of the molecule is Cc1cc(Oc2nc(N)ccc2[N+](=O)[O-])cc(C)c1Br. The Morgan fingerprint density at radius 1 is 1.30 bits per heavy atom. The Morgan fingerprint density at radius 2 is 1.90 bits per heavy atom. The van der Waals surface area contributed by atoms with Gasteiger partial charge in [0, 0.05) is 10.5 Å². The van der Waals surface area contributed by atoms with Gasteiger partial charge in [0.05, 0.1) is 4.92 Å². The highest BCUT2D eigenvalue weighted by Crippen LogP contribution is 2.33. The molecule has 6 nitrogen and oxygen atoms in total. The van der Waals surface area contributed by atoms with E-state index < -0.39 is 4.92 Å². The van der Waals surface area contributed by atoms with Crippen LogP contribution in [0.4, 0.5) is 11.5 Å². The first-order chi connectivity index (χ1) is 9.38. The Morgan fingerprint density at radius 3 is 2.45 bits per heavy atom. The van der Waals surface area contributed by atoms with Gasteiger partial charge in [-0.15, -0.1) is 0 Å². The number of benzene rings is 1. The van der Waals surface area contributed by atoms with Crippen LogP contribution in [-0.4, -0.2) is 9.91 Å². The van der Waals surface area contributed by atoms with Crippen molar-refractivity contribution in [2.45, 2.75) is 13.8 Å². The van der Waals surface area contributed by atoms with Crippen LogP contribution in [0.15, 0.2) is 28.7 Å². The van der Waals surface area contributed by atoms with E-state index in [9.17, 15) is 10.1 Å². The van der Waals surface area contributed by atoms with Gasteiger partial charge in [-0.1, -0.05) is 15.9 Å². The molecule has 2 N–H and O–H groups in total. The number of nitrogen functional groups attached to an aromatic ring is 1. The Labute approximate surface area is 123 Å². The van der Waals surface area contributed by atoms with Crippen LogP contribution in [0.2, 0.25) is 0 Å². The fourth-order valence-corrected chi connectivity index (χ4v) is 1.97. The molecule has 0 aliphatic rings. The Balaban J connectivity index is 2.44. The summed E-state index contributed by atoms with van der Waals surface area (Å²) in [5.41, 5.74) is 7.25. The van der Waals surface area contributed by atoms with Gasteiger partial charge in [0.25, 0.3) is 0 Å².